The van der Waals surface area contributed by atoms with Crippen LogP contribution in [-0.2, 0) is 20.3 Å². The molecule has 5 nitrogen and oxygen atoms in total. The smallest absolute Gasteiger partial charge is 0.431 e. The van der Waals surface area contributed by atoms with Gasteiger partial charge in [0.15, 0.2) is 0 Å². The molecule has 0 bridgehead atoms. The highest BCUT2D eigenvalue weighted by atomic mass is 32.2. The average molecular weight is 386 g/mol. The monoisotopic (exact) mass is 386 g/mol. The van der Waals surface area contributed by atoms with Crippen LogP contribution in [0.25, 0.3) is 0 Å². The van der Waals surface area contributed by atoms with Crippen molar-refractivity contribution < 1.29 is 40.1 Å². The first-order chi connectivity index (χ1) is 11.1. The summed E-state index contributed by atoms with van der Waals surface area (Å²) in [4.78, 5) is 11.7. The van der Waals surface area contributed by atoms with Crippen molar-refractivity contribution in [1.82, 2.24) is 0 Å². The maximum Gasteiger partial charge on any atom is 0.431 e. The number of ether oxygens (including phenoxy) is 1. The fourth-order valence-corrected chi connectivity index (χ4v) is 2.28. The minimum absolute atomic E-state index is 0.0258. The van der Waals surface area contributed by atoms with Crippen LogP contribution >= 0.6 is 0 Å². The summed E-state index contributed by atoms with van der Waals surface area (Å²) in [6, 6.07) is 6.07. The third kappa shape index (κ3) is 4.91. The van der Waals surface area contributed by atoms with Crippen molar-refractivity contribution in [2.75, 3.05) is 6.61 Å². The molecule has 1 rings (SSSR count). The van der Waals surface area contributed by atoms with Crippen LogP contribution in [0.3, 0.4) is 0 Å². The second-order valence-corrected chi connectivity index (χ2v) is 7.87. The second-order valence-electron chi connectivity index (χ2n) is 6.41. The molecule has 0 amide bonds. The molecule has 10 heteroatoms. The van der Waals surface area contributed by atoms with Gasteiger partial charge in [0.25, 0.3) is 0 Å². The van der Waals surface area contributed by atoms with Gasteiger partial charge in [-0.2, -0.15) is 26.0 Å². The van der Waals surface area contributed by atoms with Crippen molar-refractivity contribution in [3.8, 4) is 0 Å². The molecular weight excluding hydrogens is 368 g/mol. The minimum Gasteiger partial charge on any atom is -0.462 e. The standard InChI is InChI=1S/C15H18F4O5S/c1-13(2,3)11-6-4-10(5-7-11)12(20)24-9-8-14(16,17)15(18,19)25(21,22)23/h4-7H,8-9H2,1-3H3,(H,21,22,23). The van der Waals surface area contributed by atoms with E-state index in [1.807, 2.05) is 20.8 Å². The van der Waals surface area contributed by atoms with Crippen molar-refractivity contribution in [2.24, 2.45) is 0 Å². The lowest BCUT2D eigenvalue weighted by atomic mass is 9.87. The maximum atomic E-state index is 13.3. The molecule has 25 heavy (non-hydrogen) atoms. The summed E-state index contributed by atoms with van der Waals surface area (Å²) < 4.78 is 85.8. The summed E-state index contributed by atoms with van der Waals surface area (Å²) in [6.07, 6.45) is -1.77. The molecule has 0 spiro atoms. The summed E-state index contributed by atoms with van der Waals surface area (Å²) in [6.45, 7) is 4.67. The van der Waals surface area contributed by atoms with E-state index in [4.69, 9.17) is 4.55 Å². The Hall–Kier alpha value is -1.68. The Bertz CT molecular complexity index is 721. The van der Waals surface area contributed by atoms with Crippen molar-refractivity contribution in [3.05, 3.63) is 35.4 Å². The number of benzene rings is 1. The van der Waals surface area contributed by atoms with E-state index < -0.39 is 40.3 Å². The highest BCUT2D eigenvalue weighted by Gasteiger charge is 2.65. The average Bonchev–Trinajstić information content (AvgIpc) is 2.44. The fourth-order valence-electron chi connectivity index (χ4n) is 1.80. The molecule has 0 atom stereocenters. The number of hydrogen-bond acceptors (Lipinski definition) is 4. The summed E-state index contributed by atoms with van der Waals surface area (Å²) in [5.74, 6) is -6.12. The van der Waals surface area contributed by atoms with Crippen LogP contribution in [0.15, 0.2) is 24.3 Å². The maximum absolute atomic E-state index is 13.3. The second kappa shape index (κ2) is 6.91. The number of alkyl halides is 4. The molecule has 1 aromatic carbocycles. The molecule has 0 saturated carbocycles. The Morgan fingerprint density at radius 3 is 1.96 bits per heavy atom. The van der Waals surface area contributed by atoms with E-state index in [0.717, 1.165) is 5.56 Å². The van der Waals surface area contributed by atoms with Gasteiger partial charge in [-0.05, 0) is 23.1 Å². The third-order valence-corrected chi connectivity index (χ3v) is 4.33. The third-order valence-electron chi connectivity index (χ3n) is 3.39. The Kier molecular flexibility index (Phi) is 5.90. The topological polar surface area (TPSA) is 80.7 Å². The molecule has 0 radical (unpaired) electrons. The molecular formula is C15H18F4O5S. The van der Waals surface area contributed by atoms with Gasteiger partial charge in [0.1, 0.15) is 0 Å². The van der Waals surface area contributed by atoms with Crippen LogP contribution < -0.4 is 0 Å². The Labute approximate surface area is 142 Å². The van der Waals surface area contributed by atoms with Gasteiger partial charge < -0.3 is 4.74 Å². The van der Waals surface area contributed by atoms with Crippen LogP contribution in [0.2, 0.25) is 0 Å². The first-order valence-corrected chi connectivity index (χ1v) is 8.54. The number of halogens is 4. The lowest BCUT2D eigenvalue weighted by molar-refractivity contribution is -0.168. The fraction of sp³-hybridized carbons (Fsp3) is 0.533. The van der Waals surface area contributed by atoms with Gasteiger partial charge in [-0.25, -0.2) is 4.79 Å². The van der Waals surface area contributed by atoms with Crippen molar-refractivity contribution in [3.63, 3.8) is 0 Å². The summed E-state index contributed by atoms with van der Waals surface area (Å²) >= 11 is 0. The SMILES string of the molecule is CC(C)(C)c1ccc(C(=O)OCCC(F)(F)C(F)(F)S(=O)(=O)O)cc1. The minimum atomic E-state index is -6.31. The lowest BCUT2D eigenvalue weighted by Gasteiger charge is -2.23. The largest absolute Gasteiger partial charge is 0.462 e. The van der Waals surface area contributed by atoms with Crippen molar-refractivity contribution in [1.29, 1.82) is 0 Å². The lowest BCUT2D eigenvalue weighted by Crippen LogP contribution is -2.47. The first-order valence-electron chi connectivity index (χ1n) is 7.10. The molecule has 0 fully saturated rings. The van der Waals surface area contributed by atoms with Gasteiger partial charge in [0, 0.05) is 0 Å². The van der Waals surface area contributed by atoms with E-state index >= 15 is 0 Å². The molecule has 0 heterocycles. The molecule has 1 N–H and O–H groups in total. The zero-order valence-electron chi connectivity index (χ0n) is 13.7. The molecule has 0 aliphatic heterocycles. The van der Waals surface area contributed by atoms with Gasteiger partial charge in [0.05, 0.1) is 18.6 Å². The number of carbonyl (C=O) groups excluding carboxylic acids is 1. The van der Waals surface area contributed by atoms with Gasteiger partial charge in [-0.3, -0.25) is 4.55 Å². The summed E-state index contributed by atoms with van der Waals surface area (Å²) in [5, 5.41) is -5.68. The molecule has 142 valence electrons. The first kappa shape index (κ1) is 21.4. The Morgan fingerprint density at radius 2 is 1.56 bits per heavy atom. The van der Waals surface area contributed by atoms with Crippen LogP contribution in [0.1, 0.15) is 43.1 Å². The van der Waals surface area contributed by atoms with E-state index in [9.17, 15) is 30.8 Å². The van der Waals surface area contributed by atoms with Gasteiger partial charge in [-0.1, -0.05) is 32.9 Å². The van der Waals surface area contributed by atoms with Crippen LogP contribution in [-0.4, -0.2) is 36.7 Å². The number of hydrogen-bond donors (Lipinski definition) is 1. The van der Waals surface area contributed by atoms with Crippen LogP contribution in [0.4, 0.5) is 17.6 Å². The molecule has 0 saturated heterocycles. The summed E-state index contributed by atoms with van der Waals surface area (Å²) in [7, 11) is -6.31. The molecule has 0 unspecified atom stereocenters. The van der Waals surface area contributed by atoms with Crippen molar-refractivity contribution in [2.45, 2.75) is 43.8 Å². The van der Waals surface area contributed by atoms with Gasteiger partial charge in [0.2, 0.25) is 0 Å². The number of esters is 1. The van der Waals surface area contributed by atoms with Crippen LogP contribution in [0, 0.1) is 0 Å². The van der Waals surface area contributed by atoms with Gasteiger partial charge >= 0.3 is 27.3 Å². The quantitative estimate of drug-likeness (QED) is 0.459. The van der Waals surface area contributed by atoms with E-state index in [1.54, 1.807) is 12.1 Å². The normalized spacial score (nSPS) is 13.6. The van der Waals surface area contributed by atoms with E-state index in [2.05, 4.69) is 4.74 Å². The zero-order valence-corrected chi connectivity index (χ0v) is 14.5. The van der Waals surface area contributed by atoms with Crippen LogP contribution in [0.5, 0.6) is 0 Å². The van der Waals surface area contributed by atoms with Gasteiger partial charge in [-0.15, -0.1) is 0 Å². The predicted octanol–water partition coefficient (Wildman–Crippen LogP) is 3.65. The molecule has 0 aliphatic rings. The van der Waals surface area contributed by atoms with E-state index in [1.165, 1.54) is 12.1 Å². The van der Waals surface area contributed by atoms with E-state index in [0.29, 0.717) is 0 Å². The molecule has 0 aliphatic carbocycles. The molecule has 1 aromatic rings. The van der Waals surface area contributed by atoms with Crippen molar-refractivity contribution >= 4 is 16.1 Å². The highest BCUT2D eigenvalue weighted by Crippen LogP contribution is 2.40. The number of rotatable bonds is 6. The Balaban J connectivity index is 2.72. The number of carbonyl (C=O) groups is 1. The Morgan fingerprint density at radius 1 is 1.08 bits per heavy atom. The predicted molar refractivity (Wildman–Crippen MR) is 81.5 cm³/mol. The molecule has 0 aromatic heterocycles. The summed E-state index contributed by atoms with van der Waals surface area (Å²) in [5.41, 5.74) is 0.757. The highest BCUT2D eigenvalue weighted by molar-refractivity contribution is 7.87. The zero-order chi connectivity index (χ0) is 19.7. The van der Waals surface area contributed by atoms with E-state index in [-0.39, 0.29) is 11.0 Å².